The van der Waals surface area contributed by atoms with Crippen LogP contribution in [0.15, 0.2) is 42.7 Å². The number of halogens is 1. The smallest absolute Gasteiger partial charge is 0.141 e. The van der Waals surface area contributed by atoms with Crippen molar-refractivity contribution < 1.29 is 4.74 Å². The van der Waals surface area contributed by atoms with Gasteiger partial charge in [-0.25, -0.2) is 0 Å². The summed E-state index contributed by atoms with van der Waals surface area (Å²) < 4.78 is 5.83. The molecule has 1 aromatic carbocycles. The van der Waals surface area contributed by atoms with Crippen molar-refractivity contribution in [3.05, 3.63) is 58.9 Å². The lowest BCUT2D eigenvalue weighted by atomic mass is 9.97. The molecule has 0 N–H and O–H groups in total. The van der Waals surface area contributed by atoms with E-state index in [0.29, 0.717) is 28.9 Å². The van der Waals surface area contributed by atoms with Gasteiger partial charge in [-0.15, -0.1) is 0 Å². The third-order valence-electron chi connectivity index (χ3n) is 4.41. The van der Waals surface area contributed by atoms with E-state index in [-0.39, 0.29) is 0 Å². The van der Waals surface area contributed by atoms with E-state index in [2.05, 4.69) is 16.0 Å². The Balaban J connectivity index is 1.44. The monoisotopic (exact) mass is 341 g/mol. The minimum absolute atomic E-state index is 0.562. The number of aromatic nitrogens is 1. The number of nitrogens with zero attached hydrogens (tertiary/aromatic N) is 3. The van der Waals surface area contributed by atoms with Gasteiger partial charge in [-0.2, -0.15) is 5.26 Å². The van der Waals surface area contributed by atoms with Crippen LogP contribution in [-0.4, -0.2) is 29.6 Å². The van der Waals surface area contributed by atoms with Gasteiger partial charge in [0.2, 0.25) is 0 Å². The average molecular weight is 342 g/mol. The van der Waals surface area contributed by atoms with Crippen molar-refractivity contribution in [1.29, 1.82) is 5.26 Å². The summed E-state index contributed by atoms with van der Waals surface area (Å²) in [4.78, 5) is 6.42. The second-order valence-electron chi connectivity index (χ2n) is 6.15. The minimum Gasteiger partial charge on any atom is -0.492 e. The Kier molecular flexibility index (Phi) is 5.68. The maximum atomic E-state index is 8.85. The third kappa shape index (κ3) is 4.47. The summed E-state index contributed by atoms with van der Waals surface area (Å²) in [6.45, 7) is 3.78. The van der Waals surface area contributed by atoms with Gasteiger partial charge in [-0.05, 0) is 49.5 Å². The highest BCUT2D eigenvalue weighted by atomic mass is 35.5. The Morgan fingerprint density at radius 2 is 1.96 bits per heavy atom. The molecule has 3 rings (SSSR count). The predicted octanol–water partition coefficient (Wildman–Crippen LogP) is 3.90. The van der Waals surface area contributed by atoms with Crippen molar-refractivity contribution in [2.24, 2.45) is 5.92 Å². The molecule has 1 aliphatic heterocycles. The number of ether oxygens (including phenoxy) is 1. The largest absolute Gasteiger partial charge is 0.492 e. The molecule has 2 aromatic rings. The first-order valence-electron chi connectivity index (χ1n) is 8.18. The van der Waals surface area contributed by atoms with Gasteiger partial charge >= 0.3 is 0 Å². The summed E-state index contributed by atoms with van der Waals surface area (Å²) in [5, 5.41) is 9.41. The molecular weight excluding hydrogens is 322 g/mol. The molecule has 2 heterocycles. The molecule has 0 radical (unpaired) electrons. The van der Waals surface area contributed by atoms with Crippen LogP contribution in [0.2, 0.25) is 5.02 Å². The summed E-state index contributed by atoms with van der Waals surface area (Å²) in [7, 11) is 0. The Morgan fingerprint density at radius 3 is 2.62 bits per heavy atom. The highest BCUT2D eigenvalue weighted by Crippen LogP contribution is 2.25. The van der Waals surface area contributed by atoms with Gasteiger partial charge in [0.25, 0.3) is 0 Å². The number of benzene rings is 1. The zero-order valence-electron chi connectivity index (χ0n) is 13.5. The van der Waals surface area contributed by atoms with Crippen LogP contribution < -0.4 is 4.74 Å². The molecule has 0 aliphatic carbocycles. The van der Waals surface area contributed by atoms with Gasteiger partial charge in [0.1, 0.15) is 10.8 Å². The molecule has 0 amide bonds. The molecular formula is C19H20ClN3O. The molecule has 4 nitrogen and oxygen atoms in total. The van der Waals surface area contributed by atoms with Gasteiger partial charge in [-0.1, -0.05) is 23.7 Å². The van der Waals surface area contributed by atoms with Crippen molar-refractivity contribution in [3.63, 3.8) is 0 Å². The number of pyridine rings is 1. The highest BCUT2D eigenvalue weighted by molar-refractivity contribution is 6.31. The number of likely N-dealkylation sites (tertiary alicyclic amines) is 1. The zero-order valence-corrected chi connectivity index (χ0v) is 14.2. The van der Waals surface area contributed by atoms with Gasteiger partial charge in [0.15, 0.2) is 0 Å². The average Bonchev–Trinajstić information content (AvgIpc) is 2.63. The van der Waals surface area contributed by atoms with Crippen LogP contribution >= 0.6 is 11.6 Å². The number of hydrogen-bond acceptors (Lipinski definition) is 4. The zero-order chi connectivity index (χ0) is 16.8. The first-order valence-corrected chi connectivity index (χ1v) is 8.56. The van der Waals surface area contributed by atoms with E-state index in [1.165, 1.54) is 5.56 Å². The summed E-state index contributed by atoms with van der Waals surface area (Å²) in [6, 6.07) is 11.8. The molecule has 1 aliphatic rings. The van der Waals surface area contributed by atoms with Gasteiger partial charge < -0.3 is 4.74 Å². The first kappa shape index (κ1) is 16.8. The minimum atomic E-state index is 0.562. The third-order valence-corrected chi connectivity index (χ3v) is 4.69. The summed E-state index contributed by atoms with van der Waals surface area (Å²) >= 11 is 6.06. The molecule has 0 unspecified atom stereocenters. The van der Waals surface area contributed by atoms with Crippen LogP contribution in [0.5, 0.6) is 5.75 Å². The predicted molar refractivity (Wildman–Crippen MR) is 93.9 cm³/mol. The fraction of sp³-hybridized carbons (Fsp3) is 0.368. The van der Waals surface area contributed by atoms with Crippen LogP contribution in [0.1, 0.15) is 24.0 Å². The summed E-state index contributed by atoms with van der Waals surface area (Å²) in [5.74, 6) is 1.28. The second kappa shape index (κ2) is 8.14. The maximum Gasteiger partial charge on any atom is 0.141 e. The normalized spacial score (nSPS) is 15.8. The maximum absolute atomic E-state index is 8.85. The number of rotatable bonds is 5. The van der Waals surface area contributed by atoms with Crippen molar-refractivity contribution in [3.8, 4) is 11.8 Å². The number of nitriles is 1. The molecule has 5 heteroatoms. The van der Waals surface area contributed by atoms with Gasteiger partial charge in [-0.3, -0.25) is 9.88 Å². The fourth-order valence-electron chi connectivity index (χ4n) is 2.94. The van der Waals surface area contributed by atoms with E-state index in [4.69, 9.17) is 21.6 Å². The molecule has 0 spiro atoms. The Morgan fingerprint density at radius 1 is 1.21 bits per heavy atom. The Hall–Kier alpha value is -2.09. The molecule has 1 fully saturated rings. The number of piperidine rings is 1. The molecule has 0 bridgehead atoms. The van der Waals surface area contributed by atoms with Crippen molar-refractivity contribution in [1.82, 2.24) is 9.88 Å². The molecule has 1 aromatic heterocycles. The van der Waals surface area contributed by atoms with E-state index in [0.717, 1.165) is 32.5 Å². The fourth-order valence-corrected chi connectivity index (χ4v) is 3.12. The van der Waals surface area contributed by atoms with E-state index in [9.17, 15) is 0 Å². The lowest BCUT2D eigenvalue weighted by Gasteiger charge is -2.31. The van der Waals surface area contributed by atoms with E-state index >= 15 is 0 Å². The molecule has 124 valence electrons. The molecule has 24 heavy (non-hydrogen) atoms. The number of hydrogen-bond donors (Lipinski definition) is 0. The Bertz CT molecular complexity index is 703. The van der Waals surface area contributed by atoms with E-state index in [1.807, 2.05) is 30.3 Å². The van der Waals surface area contributed by atoms with E-state index < -0.39 is 0 Å². The molecule has 0 atom stereocenters. The summed E-state index contributed by atoms with van der Waals surface area (Å²) in [6.07, 6.45) is 5.55. The van der Waals surface area contributed by atoms with Crippen molar-refractivity contribution >= 4 is 11.6 Å². The van der Waals surface area contributed by atoms with Crippen LogP contribution in [0.25, 0.3) is 0 Å². The highest BCUT2D eigenvalue weighted by Gasteiger charge is 2.20. The van der Waals surface area contributed by atoms with Gasteiger partial charge in [0, 0.05) is 25.0 Å². The summed E-state index contributed by atoms with van der Waals surface area (Å²) in [5.41, 5.74) is 1.97. The Labute approximate surface area is 147 Å². The first-order chi connectivity index (χ1) is 11.7. The standard InChI is InChI=1S/C19H20ClN3O/c20-18-12-22-8-5-19(18)24-14-17-6-9-23(10-7-17)13-16-3-1-15(11-21)2-4-16/h1-5,8,12,17H,6-7,9-10,13-14H2. The lowest BCUT2D eigenvalue weighted by molar-refractivity contribution is 0.136. The van der Waals surface area contributed by atoms with Crippen LogP contribution in [0, 0.1) is 17.2 Å². The van der Waals surface area contributed by atoms with Crippen LogP contribution in [-0.2, 0) is 6.54 Å². The quantitative estimate of drug-likeness (QED) is 0.827. The molecule has 0 saturated carbocycles. The lowest BCUT2D eigenvalue weighted by Crippen LogP contribution is -2.35. The molecule has 1 saturated heterocycles. The topological polar surface area (TPSA) is 49.2 Å². The van der Waals surface area contributed by atoms with E-state index in [1.54, 1.807) is 12.4 Å². The SMILES string of the molecule is N#Cc1ccc(CN2CCC(COc3ccncc3Cl)CC2)cc1. The van der Waals surface area contributed by atoms with Gasteiger partial charge in [0.05, 0.1) is 18.2 Å². The second-order valence-corrected chi connectivity index (χ2v) is 6.55. The van der Waals surface area contributed by atoms with Crippen molar-refractivity contribution in [2.45, 2.75) is 19.4 Å². The van der Waals surface area contributed by atoms with Crippen LogP contribution in [0.4, 0.5) is 0 Å². The van der Waals surface area contributed by atoms with Crippen molar-refractivity contribution in [2.75, 3.05) is 19.7 Å². The van der Waals surface area contributed by atoms with Crippen LogP contribution in [0.3, 0.4) is 0 Å².